The molecule has 0 aliphatic heterocycles. The summed E-state index contributed by atoms with van der Waals surface area (Å²) in [6, 6.07) is 3.05. The van der Waals surface area contributed by atoms with E-state index in [0.29, 0.717) is 5.69 Å². The highest BCUT2D eigenvalue weighted by molar-refractivity contribution is 5.91. The Bertz CT molecular complexity index is 1130. The molecule has 200 valence electrons. The fourth-order valence-corrected chi connectivity index (χ4v) is 2.82. The van der Waals surface area contributed by atoms with Crippen molar-refractivity contribution in [3.05, 3.63) is 53.3 Å². The number of aliphatic imine (C=N–C) groups is 1. The predicted molar refractivity (Wildman–Crippen MR) is 125 cm³/mol. The zero-order chi connectivity index (χ0) is 27.4. The van der Waals surface area contributed by atoms with Crippen molar-refractivity contribution in [3.63, 3.8) is 0 Å². The number of ether oxygens (including phenoxy) is 1. The molecule has 2 aromatic rings. The van der Waals surface area contributed by atoms with Crippen LogP contribution in [0.25, 0.3) is 0 Å². The zero-order valence-electron chi connectivity index (χ0n) is 20.1. The Balaban J connectivity index is 1.84. The zero-order valence-corrected chi connectivity index (χ0v) is 20.1. The van der Waals surface area contributed by atoms with Gasteiger partial charge >= 0.3 is 6.18 Å². The molecular formula is C22H26F4N8O3. The smallest absolute Gasteiger partial charge is 0.422 e. The van der Waals surface area contributed by atoms with Gasteiger partial charge in [0.05, 0.1) is 30.6 Å². The first-order valence-corrected chi connectivity index (χ1v) is 10.9. The molecule has 2 heterocycles. The van der Waals surface area contributed by atoms with Crippen LogP contribution in [0.5, 0.6) is 0 Å². The fourth-order valence-electron chi connectivity index (χ4n) is 2.82. The number of carbonyl (C=O) groups excluding carboxylic acids is 2. The van der Waals surface area contributed by atoms with Crippen molar-refractivity contribution in [1.29, 1.82) is 0 Å². The SMILES string of the molecule is C=N/C(=C\C(=C/C)OCC(F)(F)F)CC(=O)Nc1ccc(CCC(F)Cn2cc(C(=O)NC)nn2)nn1. The van der Waals surface area contributed by atoms with Crippen LogP contribution >= 0.6 is 0 Å². The standard InChI is InChI=1S/C22H26F4N8O3/c1-4-17(37-13-22(24,25)26)9-16(27-2)10-20(35)29-19-8-7-15(30-32-19)6-5-14(23)11-34-12-18(31-33-34)21(36)28-3/h4,7-9,12,14H,2,5-6,10-11,13H2,1,3H3,(H,28,36)(H,29,32,35)/b16-9-,17-4+. The number of carbonyl (C=O) groups is 2. The predicted octanol–water partition coefficient (Wildman–Crippen LogP) is 2.79. The third-order valence-corrected chi connectivity index (χ3v) is 4.63. The van der Waals surface area contributed by atoms with Gasteiger partial charge in [-0.15, -0.1) is 10.2 Å². The molecule has 0 spiro atoms. The maximum absolute atomic E-state index is 14.3. The maximum Gasteiger partial charge on any atom is 0.422 e. The van der Waals surface area contributed by atoms with Crippen LogP contribution in [-0.2, 0) is 22.5 Å². The van der Waals surface area contributed by atoms with Gasteiger partial charge in [-0.3, -0.25) is 14.6 Å². The summed E-state index contributed by atoms with van der Waals surface area (Å²) in [5.74, 6) is -0.967. The summed E-state index contributed by atoms with van der Waals surface area (Å²) in [6.45, 7) is 3.22. The number of halogens is 4. The summed E-state index contributed by atoms with van der Waals surface area (Å²) in [7, 11) is 1.45. The van der Waals surface area contributed by atoms with E-state index in [4.69, 9.17) is 0 Å². The first-order chi connectivity index (χ1) is 17.5. The molecule has 11 nitrogen and oxygen atoms in total. The summed E-state index contributed by atoms with van der Waals surface area (Å²) in [5.41, 5.74) is 0.654. The largest absolute Gasteiger partial charge is 0.484 e. The van der Waals surface area contributed by atoms with Crippen LogP contribution in [0.15, 0.2) is 46.9 Å². The topological polar surface area (TPSA) is 136 Å². The molecule has 1 unspecified atom stereocenters. The molecule has 1 atom stereocenters. The number of amides is 2. The van der Waals surface area contributed by atoms with Gasteiger partial charge in [-0.2, -0.15) is 18.3 Å². The molecule has 0 fully saturated rings. The van der Waals surface area contributed by atoms with E-state index in [1.807, 2.05) is 0 Å². The molecule has 0 radical (unpaired) electrons. The van der Waals surface area contributed by atoms with Crippen LogP contribution in [0.4, 0.5) is 23.4 Å². The molecule has 2 aromatic heterocycles. The molecule has 0 bridgehead atoms. The Labute approximate surface area is 209 Å². The second-order valence-electron chi connectivity index (χ2n) is 7.56. The minimum atomic E-state index is -4.51. The van der Waals surface area contributed by atoms with Gasteiger partial charge in [0.1, 0.15) is 11.9 Å². The molecule has 2 N–H and O–H groups in total. The molecule has 2 rings (SSSR count). The Kier molecular flexibility index (Phi) is 10.8. The van der Waals surface area contributed by atoms with E-state index in [1.165, 1.54) is 43.1 Å². The lowest BCUT2D eigenvalue weighted by atomic mass is 10.1. The highest BCUT2D eigenvalue weighted by Gasteiger charge is 2.28. The number of nitrogens with one attached hydrogen (secondary N) is 2. The van der Waals surface area contributed by atoms with Crippen molar-refractivity contribution in [2.24, 2.45) is 4.99 Å². The van der Waals surface area contributed by atoms with E-state index in [2.05, 4.69) is 47.6 Å². The number of hydrogen-bond acceptors (Lipinski definition) is 8. The monoisotopic (exact) mass is 526 g/mol. The first kappa shape index (κ1) is 29.1. The summed E-state index contributed by atoms with van der Waals surface area (Å²) in [5, 5.41) is 20.1. The van der Waals surface area contributed by atoms with Gasteiger partial charge in [-0.1, -0.05) is 5.21 Å². The average Bonchev–Trinajstić information content (AvgIpc) is 3.32. The van der Waals surface area contributed by atoms with Crippen LogP contribution in [-0.4, -0.2) is 69.7 Å². The Morgan fingerprint density at radius 3 is 2.62 bits per heavy atom. The highest BCUT2D eigenvalue weighted by atomic mass is 19.4. The lowest BCUT2D eigenvalue weighted by Crippen LogP contribution is -2.18. The van der Waals surface area contributed by atoms with E-state index in [-0.39, 0.29) is 48.8 Å². The van der Waals surface area contributed by atoms with Crippen molar-refractivity contribution < 1.29 is 31.9 Å². The molecular weight excluding hydrogens is 500 g/mol. The van der Waals surface area contributed by atoms with Crippen molar-refractivity contribution in [3.8, 4) is 0 Å². The first-order valence-electron chi connectivity index (χ1n) is 10.9. The maximum atomic E-state index is 14.3. The second kappa shape index (κ2) is 13.8. The van der Waals surface area contributed by atoms with E-state index >= 15 is 0 Å². The average molecular weight is 526 g/mol. The Morgan fingerprint density at radius 1 is 1.27 bits per heavy atom. The number of alkyl halides is 4. The minimum Gasteiger partial charge on any atom is -0.484 e. The van der Waals surface area contributed by atoms with Crippen LogP contribution in [0.3, 0.4) is 0 Å². The van der Waals surface area contributed by atoms with Crippen LogP contribution < -0.4 is 10.6 Å². The third-order valence-electron chi connectivity index (χ3n) is 4.63. The molecule has 37 heavy (non-hydrogen) atoms. The number of nitrogens with zero attached hydrogens (tertiary/aromatic N) is 6. The molecule has 0 saturated carbocycles. The van der Waals surface area contributed by atoms with E-state index in [0.717, 1.165) is 0 Å². The quantitative estimate of drug-likeness (QED) is 0.177. The van der Waals surface area contributed by atoms with Gasteiger partial charge < -0.3 is 15.4 Å². The van der Waals surface area contributed by atoms with Gasteiger partial charge in [0, 0.05) is 13.1 Å². The van der Waals surface area contributed by atoms with Gasteiger partial charge in [-0.05, 0) is 44.7 Å². The van der Waals surface area contributed by atoms with E-state index < -0.39 is 30.8 Å². The summed E-state index contributed by atoms with van der Waals surface area (Å²) in [6.07, 6.45) is -1.89. The van der Waals surface area contributed by atoms with E-state index in [9.17, 15) is 27.2 Å². The molecule has 15 heteroatoms. The van der Waals surface area contributed by atoms with Gasteiger partial charge in [0.2, 0.25) is 5.91 Å². The normalized spacial score (nSPS) is 13.1. The third kappa shape index (κ3) is 10.5. The van der Waals surface area contributed by atoms with Gasteiger partial charge in [-0.25, -0.2) is 9.07 Å². The second-order valence-corrected chi connectivity index (χ2v) is 7.56. The van der Waals surface area contributed by atoms with Crippen LogP contribution in [0.2, 0.25) is 0 Å². The fraction of sp³-hybridized carbons (Fsp3) is 0.409. The molecule has 0 aliphatic carbocycles. The Hall–Kier alpha value is -4.17. The summed E-state index contributed by atoms with van der Waals surface area (Å²) < 4.78 is 57.2. The van der Waals surface area contributed by atoms with Crippen LogP contribution in [0, 0.1) is 0 Å². The number of anilines is 1. The summed E-state index contributed by atoms with van der Waals surface area (Å²) >= 11 is 0. The Morgan fingerprint density at radius 2 is 2.03 bits per heavy atom. The van der Waals surface area contributed by atoms with E-state index in [1.54, 1.807) is 6.07 Å². The summed E-state index contributed by atoms with van der Waals surface area (Å²) in [4.78, 5) is 27.4. The molecule has 0 aromatic carbocycles. The number of rotatable bonds is 13. The molecule has 0 aliphatic rings. The highest BCUT2D eigenvalue weighted by Crippen LogP contribution is 2.18. The van der Waals surface area contributed by atoms with Crippen molar-refractivity contribution in [1.82, 2.24) is 30.5 Å². The lowest BCUT2D eigenvalue weighted by Gasteiger charge is -2.10. The van der Waals surface area contributed by atoms with Crippen molar-refractivity contribution in [2.75, 3.05) is 19.0 Å². The molecule has 2 amide bonds. The molecule has 0 saturated heterocycles. The number of aryl methyl sites for hydroxylation is 1. The van der Waals surface area contributed by atoms with Crippen LogP contribution in [0.1, 0.15) is 35.9 Å². The van der Waals surface area contributed by atoms with Crippen molar-refractivity contribution >= 4 is 24.3 Å². The van der Waals surface area contributed by atoms with Gasteiger partial charge in [0.15, 0.2) is 18.1 Å². The van der Waals surface area contributed by atoms with Gasteiger partial charge in [0.25, 0.3) is 5.91 Å². The van der Waals surface area contributed by atoms with Crippen molar-refractivity contribution in [2.45, 2.75) is 45.1 Å². The lowest BCUT2D eigenvalue weighted by molar-refractivity contribution is -0.163. The number of hydrogen-bond donors (Lipinski definition) is 2. The number of aromatic nitrogens is 5. The minimum absolute atomic E-state index is 0.0844. The number of allylic oxidation sites excluding steroid dienone is 2.